The van der Waals surface area contributed by atoms with Crippen LogP contribution in [-0.2, 0) is 6.61 Å². The molecule has 18 heavy (non-hydrogen) atoms. The molecule has 0 aliphatic rings. The molecule has 1 atom stereocenters. The number of ether oxygens (including phenoxy) is 1. The predicted octanol–water partition coefficient (Wildman–Crippen LogP) is 3.33. The van der Waals surface area contributed by atoms with Crippen molar-refractivity contribution in [2.75, 3.05) is 0 Å². The molecule has 2 N–H and O–H groups in total. The van der Waals surface area contributed by atoms with Crippen molar-refractivity contribution in [2.24, 2.45) is 5.73 Å². The maximum absolute atomic E-state index is 5.87. The molecule has 94 valence electrons. The van der Waals surface area contributed by atoms with Crippen LogP contribution >= 0.6 is 11.6 Å². The number of halogens is 1. The van der Waals surface area contributed by atoms with Crippen molar-refractivity contribution in [1.82, 2.24) is 4.98 Å². The van der Waals surface area contributed by atoms with E-state index in [1.54, 1.807) is 6.07 Å². The first-order chi connectivity index (χ1) is 8.66. The molecular weight excluding hydrogens is 248 g/mol. The number of hydrogen-bond donors (Lipinski definition) is 1. The highest BCUT2D eigenvalue weighted by atomic mass is 35.5. The lowest BCUT2D eigenvalue weighted by atomic mass is 10.1. The summed E-state index contributed by atoms with van der Waals surface area (Å²) in [6, 6.07) is 13.3. The van der Waals surface area contributed by atoms with Crippen molar-refractivity contribution in [2.45, 2.75) is 19.6 Å². The van der Waals surface area contributed by atoms with Crippen LogP contribution in [0.4, 0.5) is 0 Å². The number of benzene rings is 1. The molecule has 0 aliphatic carbocycles. The molecule has 0 radical (unpaired) electrons. The fourth-order valence-corrected chi connectivity index (χ4v) is 1.76. The molecule has 1 aromatic heterocycles. The van der Waals surface area contributed by atoms with E-state index in [1.165, 1.54) is 0 Å². The predicted molar refractivity (Wildman–Crippen MR) is 72.6 cm³/mol. The van der Waals surface area contributed by atoms with Gasteiger partial charge in [0.15, 0.2) is 0 Å². The minimum absolute atomic E-state index is 0.138. The first kappa shape index (κ1) is 12.9. The Labute approximate surface area is 112 Å². The molecule has 0 fully saturated rings. The highest BCUT2D eigenvalue weighted by Crippen LogP contribution is 2.24. The summed E-state index contributed by atoms with van der Waals surface area (Å²) < 4.78 is 5.69. The first-order valence-electron chi connectivity index (χ1n) is 5.75. The molecule has 3 nitrogen and oxygen atoms in total. The molecule has 1 heterocycles. The van der Waals surface area contributed by atoms with Gasteiger partial charge in [-0.2, -0.15) is 0 Å². The van der Waals surface area contributed by atoms with Gasteiger partial charge < -0.3 is 10.5 Å². The van der Waals surface area contributed by atoms with Crippen LogP contribution in [0.25, 0.3) is 0 Å². The van der Waals surface area contributed by atoms with Gasteiger partial charge in [0.05, 0.1) is 0 Å². The van der Waals surface area contributed by atoms with Gasteiger partial charge >= 0.3 is 0 Å². The highest BCUT2D eigenvalue weighted by Gasteiger charge is 2.10. The van der Waals surface area contributed by atoms with Crippen LogP contribution in [0.3, 0.4) is 0 Å². The van der Waals surface area contributed by atoms with E-state index in [1.807, 2.05) is 43.3 Å². The third-order valence-corrected chi connectivity index (χ3v) is 2.78. The summed E-state index contributed by atoms with van der Waals surface area (Å²) in [6.45, 7) is 2.34. The van der Waals surface area contributed by atoms with Crippen molar-refractivity contribution in [1.29, 1.82) is 0 Å². The van der Waals surface area contributed by atoms with Gasteiger partial charge in [0, 0.05) is 11.6 Å². The Hall–Kier alpha value is -1.58. The number of pyridine rings is 1. The maximum Gasteiger partial charge on any atom is 0.219 e. The fourth-order valence-electron chi connectivity index (χ4n) is 1.62. The van der Waals surface area contributed by atoms with Gasteiger partial charge in [0.1, 0.15) is 11.8 Å². The Bertz CT molecular complexity index is 514. The van der Waals surface area contributed by atoms with Crippen LogP contribution < -0.4 is 10.5 Å². The average Bonchev–Trinajstić information content (AvgIpc) is 2.37. The molecule has 1 aromatic carbocycles. The van der Waals surface area contributed by atoms with Crippen molar-refractivity contribution in [3.05, 3.63) is 58.7 Å². The van der Waals surface area contributed by atoms with E-state index in [0.29, 0.717) is 17.6 Å². The molecule has 0 saturated heterocycles. The summed E-state index contributed by atoms with van der Waals surface area (Å²) in [5.74, 6) is 0.501. The average molecular weight is 263 g/mol. The van der Waals surface area contributed by atoms with E-state index >= 15 is 0 Å². The molecule has 2 rings (SSSR count). The lowest BCUT2D eigenvalue weighted by Crippen LogP contribution is -2.09. The molecule has 2 aromatic rings. The number of nitrogens with zero attached hydrogens (tertiary/aromatic N) is 1. The van der Waals surface area contributed by atoms with Gasteiger partial charge in [0.2, 0.25) is 5.88 Å². The zero-order chi connectivity index (χ0) is 13.0. The fraction of sp³-hybridized carbons (Fsp3) is 0.214. The van der Waals surface area contributed by atoms with Gasteiger partial charge in [-0.1, -0.05) is 41.9 Å². The second-order valence-electron chi connectivity index (χ2n) is 4.09. The Morgan fingerprint density at radius 1 is 1.22 bits per heavy atom. The molecule has 0 saturated carbocycles. The molecule has 0 unspecified atom stereocenters. The van der Waals surface area contributed by atoms with Crippen LogP contribution in [0, 0.1) is 0 Å². The number of rotatable bonds is 4. The normalized spacial score (nSPS) is 12.2. The SMILES string of the molecule is C[C@H](N)c1ccc(Cl)nc1OCc1ccccc1. The maximum atomic E-state index is 5.87. The summed E-state index contributed by atoms with van der Waals surface area (Å²) in [6.07, 6.45) is 0. The van der Waals surface area contributed by atoms with Gasteiger partial charge in [-0.3, -0.25) is 0 Å². The zero-order valence-electron chi connectivity index (χ0n) is 10.1. The van der Waals surface area contributed by atoms with Crippen molar-refractivity contribution < 1.29 is 4.74 Å². The van der Waals surface area contributed by atoms with E-state index < -0.39 is 0 Å². The van der Waals surface area contributed by atoms with Gasteiger partial charge in [-0.25, -0.2) is 4.98 Å². The van der Waals surface area contributed by atoms with Crippen LogP contribution in [0.5, 0.6) is 5.88 Å². The lowest BCUT2D eigenvalue weighted by molar-refractivity contribution is 0.289. The van der Waals surface area contributed by atoms with Gasteiger partial charge in [-0.15, -0.1) is 0 Å². The Kier molecular flexibility index (Phi) is 4.18. The molecule has 0 spiro atoms. The second kappa shape index (κ2) is 5.85. The van der Waals surface area contributed by atoms with Crippen molar-refractivity contribution in [3.63, 3.8) is 0 Å². The first-order valence-corrected chi connectivity index (χ1v) is 6.13. The molecule has 0 bridgehead atoms. The van der Waals surface area contributed by atoms with Crippen LogP contribution in [0.2, 0.25) is 5.15 Å². The molecule has 0 aliphatic heterocycles. The van der Waals surface area contributed by atoms with Crippen LogP contribution in [0.15, 0.2) is 42.5 Å². The largest absolute Gasteiger partial charge is 0.473 e. The Morgan fingerprint density at radius 2 is 1.94 bits per heavy atom. The van der Waals surface area contributed by atoms with E-state index in [0.717, 1.165) is 11.1 Å². The summed E-state index contributed by atoms with van der Waals surface area (Å²) in [4.78, 5) is 4.17. The summed E-state index contributed by atoms with van der Waals surface area (Å²) in [5, 5.41) is 0.405. The van der Waals surface area contributed by atoms with Gasteiger partial charge in [-0.05, 0) is 24.6 Å². The monoisotopic (exact) mass is 262 g/mol. The standard InChI is InChI=1S/C14H15ClN2O/c1-10(16)12-7-8-13(15)17-14(12)18-9-11-5-3-2-4-6-11/h2-8,10H,9,16H2,1H3/t10-/m0/s1. The topological polar surface area (TPSA) is 48.1 Å². The van der Waals surface area contributed by atoms with E-state index in [2.05, 4.69) is 4.98 Å². The van der Waals surface area contributed by atoms with Crippen LogP contribution in [0.1, 0.15) is 24.1 Å². The molecule has 0 amide bonds. The molecular formula is C14H15ClN2O. The van der Waals surface area contributed by atoms with E-state index in [9.17, 15) is 0 Å². The van der Waals surface area contributed by atoms with E-state index in [4.69, 9.17) is 22.1 Å². The number of aromatic nitrogens is 1. The lowest BCUT2D eigenvalue weighted by Gasteiger charge is -2.13. The summed E-state index contributed by atoms with van der Waals surface area (Å²) in [5.41, 5.74) is 7.81. The number of nitrogens with two attached hydrogens (primary N) is 1. The molecule has 4 heteroatoms. The highest BCUT2D eigenvalue weighted by molar-refractivity contribution is 6.29. The quantitative estimate of drug-likeness (QED) is 0.860. The van der Waals surface area contributed by atoms with Crippen molar-refractivity contribution >= 4 is 11.6 Å². The third kappa shape index (κ3) is 3.22. The summed E-state index contributed by atoms with van der Waals surface area (Å²) in [7, 11) is 0. The zero-order valence-corrected chi connectivity index (χ0v) is 10.9. The number of hydrogen-bond acceptors (Lipinski definition) is 3. The summed E-state index contributed by atoms with van der Waals surface area (Å²) >= 11 is 5.87. The van der Waals surface area contributed by atoms with E-state index in [-0.39, 0.29) is 6.04 Å². The Morgan fingerprint density at radius 3 is 2.61 bits per heavy atom. The third-order valence-electron chi connectivity index (χ3n) is 2.56. The minimum atomic E-state index is -0.138. The smallest absolute Gasteiger partial charge is 0.219 e. The Balaban J connectivity index is 2.15. The van der Waals surface area contributed by atoms with Crippen molar-refractivity contribution in [3.8, 4) is 5.88 Å². The second-order valence-corrected chi connectivity index (χ2v) is 4.48. The minimum Gasteiger partial charge on any atom is -0.473 e. The van der Waals surface area contributed by atoms with Crippen LogP contribution in [-0.4, -0.2) is 4.98 Å². The van der Waals surface area contributed by atoms with Gasteiger partial charge in [0.25, 0.3) is 0 Å².